The summed E-state index contributed by atoms with van der Waals surface area (Å²) in [5, 5.41) is 2.01. The van der Waals surface area contributed by atoms with E-state index in [1.54, 1.807) is 0 Å². The first-order valence-corrected chi connectivity index (χ1v) is 9.55. The number of benzene rings is 1. The van der Waals surface area contributed by atoms with E-state index < -0.39 is 0 Å². The third kappa shape index (κ3) is 6.17. The molecule has 0 heterocycles. The minimum atomic E-state index is 0.281. The van der Waals surface area contributed by atoms with Crippen molar-refractivity contribution in [2.45, 2.75) is 26.7 Å². The maximum Gasteiger partial charge on any atom is 0.119 e. The zero-order chi connectivity index (χ0) is 14.3. The van der Waals surface area contributed by atoms with Gasteiger partial charge in [-0.05, 0) is 48.4 Å². The molecule has 0 bridgehead atoms. The van der Waals surface area contributed by atoms with Crippen molar-refractivity contribution in [3.8, 4) is 5.75 Å². The van der Waals surface area contributed by atoms with Crippen LogP contribution in [0.2, 0.25) is 0 Å². The first-order chi connectivity index (χ1) is 9.01. The first-order valence-electron chi connectivity index (χ1n) is 6.51. The van der Waals surface area contributed by atoms with Crippen LogP contribution in [0.3, 0.4) is 0 Å². The number of halogens is 3. The molecule has 0 fully saturated rings. The lowest BCUT2D eigenvalue weighted by atomic mass is 9.81. The molecule has 0 saturated carbocycles. The van der Waals surface area contributed by atoms with Crippen molar-refractivity contribution in [2.24, 2.45) is 11.3 Å². The molecule has 1 aromatic carbocycles. The third-order valence-corrected chi connectivity index (χ3v) is 6.03. The zero-order valence-electron chi connectivity index (χ0n) is 11.5. The number of alkyl halides is 2. The maximum atomic E-state index is 5.84. The van der Waals surface area contributed by atoms with Gasteiger partial charge >= 0.3 is 0 Å². The van der Waals surface area contributed by atoms with Gasteiger partial charge < -0.3 is 4.74 Å². The summed E-state index contributed by atoms with van der Waals surface area (Å²) in [6.07, 6.45) is 2.25. The van der Waals surface area contributed by atoms with Crippen LogP contribution in [0.5, 0.6) is 5.75 Å². The summed E-state index contributed by atoms with van der Waals surface area (Å²) in [4.78, 5) is 0. The molecule has 0 N–H and O–H groups in total. The SMILES string of the molecule is CC(C)CC(CBr)(CBr)CCOc1ccc(Br)cc1. The van der Waals surface area contributed by atoms with Gasteiger partial charge in [-0.25, -0.2) is 0 Å². The Morgan fingerprint density at radius 1 is 1.11 bits per heavy atom. The molecule has 19 heavy (non-hydrogen) atoms. The highest BCUT2D eigenvalue weighted by Crippen LogP contribution is 2.34. The largest absolute Gasteiger partial charge is 0.494 e. The maximum absolute atomic E-state index is 5.84. The summed E-state index contributed by atoms with van der Waals surface area (Å²) in [5.41, 5.74) is 0.281. The molecule has 4 heteroatoms. The van der Waals surface area contributed by atoms with Gasteiger partial charge in [0.1, 0.15) is 5.75 Å². The van der Waals surface area contributed by atoms with Crippen LogP contribution < -0.4 is 4.74 Å². The third-order valence-electron chi connectivity index (χ3n) is 3.12. The fourth-order valence-electron chi connectivity index (χ4n) is 2.16. The molecule has 0 radical (unpaired) electrons. The van der Waals surface area contributed by atoms with E-state index in [-0.39, 0.29) is 5.41 Å². The normalized spacial score (nSPS) is 11.9. The summed E-state index contributed by atoms with van der Waals surface area (Å²) in [6, 6.07) is 8.00. The lowest BCUT2D eigenvalue weighted by Crippen LogP contribution is -2.29. The van der Waals surface area contributed by atoms with E-state index in [2.05, 4.69) is 61.6 Å². The van der Waals surface area contributed by atoms with Crippen LogP contribution in [-0.4, -0.2) is 17.3 Å². The van der Waals surface area contributed by atoms with E-state index in [9.17, 15) is 0 Å². The molecule has 0 amide bonds. The summed E-state index contributed by atoms with van der Waals surface area (Å²) < 4.78 is 6.92. The van der Waals surface area contributed by atoms with E-state index in [4.69, 9.17) is 4.74 Å². The highest BCUT2D eigenvalue weighted by atomic mass is 79.9. The van der Waals surface area contributed by atoms with Crippen LogP contribution >= 0.6 is 47.8 Å². The van der Waals surface area contributed by atoms with Crippen LogP contribution in [0.15, 0.2) is 28.7 Å². The minimum Gasteiger partial charge on any atom is -0.494 e. The summed E-state index contributed by atoms with van der Waals surface area (Å²) in [6.45, 7) is 5.30. The molecule has 1 rings (SSSR count). The van der Waals surface area contributed by atoms with Gasteiger partial charge in [-0.2, -0.15) is 0 Å². The van der Waals surface area contributed by atoms with Gasteiger partial charge in [0.15, 0.2) is 0 Å². The predicted octanol–water partition coefficient (Wildman–Crippen LogP) is 6.04. The smallest absolute Gasteiger partial charge is 0.119 e. The Balaban J connectivity index is 2.50. The topological polar surface area (TPSA) is 9.23 Å². The Bertz CT molecular complexity index is 358. The molecule has 0 aliphatic heterocycles. The van der Waals surface area contributed by atoms with Gasteiger partial charge in [0, 0.05) is 15.1 Å². The van der Waals surface area contributed by atoms with Gasteiger partial charge in [0.25, 0.3) is 0 Å². The fraction of sp³-hybridized carbons (Fsp3) is 0.600. The molecular formula is C15H21Br3O. The van der Waals surface area contributed by atoms with Gasteiger partial charge in [-0.1, -0.05) is 61.6 Å². The molecule has 1 aromatic rings. The van der Waals surface area contributed by atoms with Gasteiger partial charge in [0.2, 0.25) is 0 Å². The number of rotatable bonds is 8. The lowest BCUT2D eigenvalue weighted by Gasteiger charge is -2.31. The van der Waals surface area contributed by atoms with E-state index in [0.717, 1.165) is 33.9 Å². The van der Waals surface area contributed by atoms with Crippen LogP contribution in [-0.2, 0) is 0 Å². The zero-order valence-corrected chi connectivity index (χ0v) is 16.2. The second-order valence-electron chi connectivity index (χ2n) is 5.42. The molecular weight excluding hydrogens is 436 g/mol. The molecule has 0 aromatic heterocycles. The molecule has 1 nitrogen and oxygen atoms in total. The van der Waals surface area contributed by atoms with E-state index in [0.29, 0.717) is 5.92 Å². The summed E-state index contributed by atoms with van der Waals surface area (Å²) >= 11 is 10.8. The molecule has 0 aliphatic carbocycles. The highest BCUT2D eigenvalue weighted by Gasteiger charge is 2.28. The monoisotopic (exact) mass is 454 g/mol. The minimum absolute atomic E-state index is 0.281. The molecule has 0 spiro atoms. The molecule has 0 unspecified atom stereocenters. The summed E-state index contributed by atoms with van der Waals surface area (Å²) in [7, 11) is 0. The van der Waals surface area contributed by atoms with Crippen molar-refractivity contribution in [3.05, 3.63) is 28.7 Å². The Morgan fingerprint density at radius 2 is 1.68 bits per heavy atom. The Morgan fingerprint density at radius 3 is 2.16 bits per heavy atom. The van der Waals surface area contributed by atoms with Crippen molar-refractivity contribution in [3.63, 3.8) is 0 Å². The number of ether oxygens (including phenoxy) is 1. The first kappa shape index (κ1) is 17.5. The highest BCUT2D eigenvalue weighted by molar-refractivity contribution is 9.10. The van der Waals surface area contributed by atoms with E-state index >= 15 is 0 Å². The van der Waals surface area contributed by atoms with E-state index in [1.165, 1.54) is 6.42 Å². The van der Waals surface area contributed by atoms with Gasteiger partial charge in [-0.3, -0.25) is 0 Å². The standard InChI is InChI=1S/C15H21Br3O/c1-12(2)9-15(10-16,11-17)7-8-19-14-5-3-13(18)4-6-14/h3-6,12H,7-11H2,1-2H3. The van der Waals surface area contributed by atoms with Crippen LogP contribution in [0, 0.1) is 11.3 Å². The van der Waals surface area contributed by atoms with Crippen molar-refractivity contribution in [1.82, 2.24) is 0 Å². The van der Waals surface area contributed by atoms with E-state index in [1.807, 2.05) is 24.3 Å². The number of hydrogen-bond acceptors (Lipinski definition) is 1. The molecule has 0 atom stereocenters. The van der Waals surface area contributed by atoms with Crippen molar-refractivity contribution in [1.29, 1.82) is 0 Å². The molecule has 0 saturated heterocycles. The second kappa shape index (κ2) is 8.68. The molecule has 0 aliphatic rings. The van der Waals surface area contributed by atoms with Crippen LogP contribution in [0.4, 0.5) is 0 Å². The Labute approximate surface area is 141 Å². The quantitative estimate of drug-likeness (QED) is 0.433. The van der Waals surface area contributed by atoms with Gasteiger partial charge in [0.05, 0.1) is 6.61 Å². The van der Waals surface area contributed by atoms with Crippen LogP contribution in [0.25, 0.3) is 0 Å². The fourth-order valence-corrected chi connectivity index (χ4v) is 4.37. The lowest BCUT2D eigenvalue weighted by molar-refractivity contribution is 0.210. The molecule has 108 valence electrons. The Kier molecular flexibility index (Phi) is 8.00. The summed E-state index contributed by atoms with van der Waals surface area (Å²) in [5.74, 6) is 1.63. The average Bonchev–Trinajstić information content (AvgIpc) is 2.39. The van der Waals surface area contributed by atoms with Crippen molar-refractivity contribution < 1.29 is 4.74 Å². The number of hydrogen-bond donors (Lipinski definition) is 0. The van der Waals surface area contributed by atoms with Crippen molar-refractivity contribution in [2.75, 3.05) is 17.3 Å². The van der Waals surface area contributed by atoms with Crippen LogP contribution in [0.1, 0.15) is 26.7 Å². The Hall–Kier alpha value is 0.460. The van der Waals surface area contributed by atoms with Gasteiger partial charge in [-0.15, -0.1) is 0 Å². The second-order valence-corrected chi connectivity index (χ2v) is 7.45. The van der Waals surface area contributed by atoms with Crippen molar-refractivity contribution >= 4 is 47.8 Å². The average molecular weight is 457 g/mol. The predicted molar refractivity (Wildman–Crippen MR) is 93.7 cm³/mol.